The van der Waals surface area contributed by atoms with Crippen molar-refractivity contribution in [2.45, 2.75) is 6.42 Å². The summed E-state index contributed by atoms with van der Waals surface area (Å²) in [5.74, 6) is -0.184. The molecule has 100 valence electrons. The second-order valence-corrected chi connectivity index (χ2v) is 4.39. The van der Waals surface area contributed by atoms with E-state index in [0.717, 1.165) is 5.56 Å². The van der Waals surface area contributed by atoms with Gasteiger partial charge in [0.15, 0.2) is 11.5 Å². The second kappa shape index (κ2) is 4.65. The first kappa shape index (κ1) is 12.2. The van der Waals surface area contributed by atoms with Crippen LogP contribution in [0.4, 0.5) is 0 Å². The van der Waals surface area contributed by atoms with Crippen LogP contribution >= 0.6 is 0 Å². The molecule has 2 N–H and O–H groups in total. The number of aromatic carboxylic acids is 1. The third kappa shape index (κ3) is 2.31. The van der Waals surface area contributed by atoms with Crippen LogP contribution in [0.2, 0.25) is 0 Å². The van der Waals surface area contributed by atoms with Crippen molar-refractivity contribution in [1.82, 2.24) is 14.6 Å². The molecule has 0 radical (unpaired) electrons. The van der Waals surface area contributed by atoms with Crippen LogP contribution in [0.5, 0.6) is 5.75 Å². The van der Waals surface area contributed by atoms with Gasteiger partial charge in [0.1, 0.15) is 5.75 Å². The standard InChI is InChI=1S/C14H11N3O3/c18-11-3-1-9(2-4-11)7-12-15-13-8-10(14(19)20)5-6-17(13)16-12/h1-6,8,18H,7H2,(H,19,20). The summed E-state index contributed by atoms with van der Waals surface area (Å²) in [7, 11) is 0. The van der Waals surface area contributed by atoms with Crippen molar-refractivity contribution in [1.29, 1.82) is 0 Å². The number of carboxylic acids is 1. The third-order valence-corrected chi connectivity index (χ3v) is 2.93. The first-order valence-corrected chi connectivity index (χ1v) is 5.98. The van der Waals surface area contributed by atoms with Gasteiger partial charge in [0, 0.05) is 12.6 Å². The fourth-order valence-electron chi connectivity index (χ4n) is 1.93. The van der Waals surface area contributed by atoms with Gasteiger partial charge >= 0.3 is 5.97 Å². The Morgan fingerprint density at radius 1 is 1.20 bits per heavy atom. The van der Waals surface area contributed by atoms with Crippen LogP contribution in [0.3, 0.4) is 0 Å². The molecule has 2 heterocycles. The van der Waals surface area contributed by atoms with E-state index in [2.05, 4.69) is 10.1 Å². The molecule has 1 aromatic carbocycles. The van der Waals surface area contributed by atoms with E-state index in [1.165, 1.54) is 12.1 Å². The molecule has 6 heteroatoms. The quantitative estimate of drug-likeness (QED) is 0.756. The summed E-state index contributed by atoms with van der Waals surface area (Å²) in [5, 5.41) is 22.4. The van der Waals surface area contributed by atoms with E-state index in [0.29, 0.717) is 17.9 Å². The summed E-state index contributed by atoms with van der Waals surface area (Å²) in [6.45, 7) is 0. The molecule has 20 heavy (non-hydrogen) atoms. The first-order valence-electron chi connectivity index (χ1n) is 5.98. The topological polar surface area (TPSA) is 87.7 Å². The summed E-state index contributed by atoms with van der Waals surface area (Å²) in [5.41, 5.74) is 1.65. The van der Waals surface area contributed by atoms with Crippen molar-refractivity contribution < 1.29 is 15.0 Å². The third-order valence-electron chi connectivity index (χ3n) is 2.93. The highest BCUT2D eigenvalue weighted by Crippen LogP contribution is 2.13. The normalized spacial score (nSPS) is 10.8. The van der Waals surface area contributed by atoms with Crippen LogP contribution in [0.25, 0.3) is 5.65 Å². The van der Waals surface area contributed by atoms with Gasteiger partial charge in [-0.2, -0.15) is 5.10 Å². The average Bonchev–Trinajstić information content (AvgIpc) is 2.82. The van der Waals surface area contributed by atoms with Gasteiger partial charge in [0.25, 0.3) is 0 Å². The largest absolute Gasteiger partial charge is 0.508 e. The lowest BCUT2D eigenvalue weighted by molar-refractivity contribution is 0.0697. The zero-order chi connectivity index (χ0) is 14.1. The summed E-state index contributed by atoms with van der Waals surface area (Å²) in [6.07, 6.45) is 2.09. The van der Waals surface area contributed by atoms with E-state index in [9.17, 15) is 9.90 Å². The number of phenols is 1. The van der Waals surface area contributed by atoms with Crippen molar-refractivity contribution in [3.05, 3.63) is 59.5 Å². The number of hydrogen-bond acceptors (Lipinski definition) is 4. The number of hydrogen-bond donors (Lipinski definition) is 2. The average molecular weight is 269 g/mol. The predicted molar refractivity (Wildman–Crippen MR) is 70.9 cm³/mol. The maximum Gasteiger partial charge on any atom is 0.335 e. The molecule has 3 aromatic rings. The molecule has 0 unspecified atom stereocenters. The molecule has 0 aliphatic heterocycles. The van der Waals surface area contributed by atoms with Gasteiger partial charge < -0.3 is 10.2 Å². The minimum atomic E-state index is -0.990. The molecule has 0 atom stereocenters. The van der Waals surface area contributed by atoms with Crippen LogP contribution < -0.4 is 0 Å². The lowest BCUT2D eigenvalue weighted by atomic mass is 10.1. The number of aromatic hydroxyl groups is 1. The van der Waals surface area contributed by atoms with E-state index in [-0.39, 0.29) is 11.3 Å². The lowest BCUT2D eigenvalue weighted by Crippen LogP contribution is -1.97. The van der Waals surface area contributed by atoms with E-state index >= 15 is 0 Å². The Morgan fingerprint density at radius 2 is 1.95 bits per heavy atom. The SMILES string of the molecule is O=C(O)c1ccn2nc(Cc3ccc(O)cc3)nc2c1. The number of pyridine rings is 1. The Morgan fingerprint density at radius 3 is 2.65 bits per heavy atom. The lowest BCUT2D eigenvalue weighted by Gasteiger charge is -1.96. The number of carboxylic acid groups (broad SMARTS) is 1. The van der Waals surface area contributed by atoms with Gasteiger partial charge in [-0.1, -0.05) is 12.1 Å². The monoisotopic (exact) mass is 269 g/mol. The molecule has 0 bridgehead atoms. The van der Waals surface area contributed by atoms with Gasteiger partial charge in [-0.15, -0.1) is 0 Å². The minimum absolute atomic E-state index is 0.182. The van der Waals surface area contributed by atoms with Gasteiger partial charge in [0.05, 0.1) is 5.56 Å². The van der Waals surface area contributed by atoms with E-state index < -0.39 is 5.97 Å². The van der Waals surface area contributed by atoms with Crippen LogP contribution in [0.1, 0.15) is 21.7 Å². The molecule has 2 aromatic heterocycles. The molecular formula is C14H11N3O3. The molecule has 0 aliphatic rings. The zero-order valence-electron chi connectivity index (χ0n) is 10.4. The second-order valence-electron chi connectivity index (χ2n) is 4.39. The van der Waals surface area contributed by atoms with Gasteiger partial charge in [-0.25, -0.2) is 14.3 Å². The van der Waals surface area contributed by atoms with Crippen LogP contribution in [0, 0.1) is 0 Å². The van der Waals surface area contributed by atoms with Crippen LogP contribution in [-0.4, -0.2) is 30.8 Å². The molecule has 0 amide bonds. The molecular weight excluding hydrogens is 258 g/mol. The highest BCUT2D eigenvalue weighted by atomic mass is 16.4. The van der Waals surface area contributed by atoms with E-state index in [1.807, 2.05) is 0 Å². The highest BCUT2D eigenvalue weighted by molar-refractivity contribution is 5.88. The molecule has 0 saturated carbocycles. The van der Waals surface area contributed by atoms with Crippen LogP contribution in [0.15, 0.2) is 42.6 Å². The fourth-order valence-corrected chi connectivity index (χ4v) is 1.93. The number of fused-ring (bicyclic) bond motifs is 1. The maximum absolute atomic E-state index is 10.9. The molecule has 3 rings (SSSR count). The van der Waals surface area contributed by atoms with Crippen molar-refractivity contribution in [2.75, 3.05) is 0 Å². The molecule has 6 nitrogen and oxygen atoms in total. The number of phenolic OH excluding ortho intramolecular Hbond substituents is 1. The number of benzene rings is 1. The van der Waals surface area contributed by atoms with Crippen LogP contribution in [-0.2, 0) is 6.42 Å². The molecule has 0 fully saturated rings. The Kier molecular flexibility index (Phi) is 2.83. The summed E-state index contributed by atoms with van der Waals surface area (Å²) < 4.78 is 1.54. The molecule has 0 aliphatic carbocycles. The van der Waals surface area contributed by atoms with Gasteiger partial charge in [-0.05, 0) is 29.8 Å². The minimum Gasteiger partial charge on any atom is -0.508 e. The smallest absolute Gasteiger partial charge is 0.335 e. The van der Waals surface area contributed by atoms with Crippen molar-refractivity contribution in [3.8, 4) is 5.75 Å². The van der Waals surface area contributed by atoms with Crippen molar-refractivity contribution >= 4 is 11.6 Å². The molecule has 0 saturated heterocycles. The van der Waals surface area contributed by atoms with Crippen molar-refractivity contribution in [3.63, 3.8) is 0 Å². The maximum atomic E-state index is 10.9. The summed E-state index contributed by atoms with van der Waals surface area (Å²) >= 11 is 0. The fraction of sp³-hybridized carbons (Fsp3) is 0.0714. The Labute approximate surface area is 113 Å². The highest BCUT2D eigenvalue weighted by Gasteiger charge is 2.08. The van der Waals surface area contributed by atoms with Gasteiger partial charge in [-0.3, -0.25) is 0 Å². The number of rotatable bonds is 3. The summed E-state index contributed by atoms with van der Waals surface area (Å²) in [4.78, 5) is 15.2. The summed E-state index contributed by atoms with van der Waals surface area (Å²) in [6, 6.07) is 9.76. The zero-order valence-corrected chi connectivity index (χ0v) is 10.4. The Bertz CT molecular complexity index is 778. The van der Waals surface area contributed by atoms with Crippen molar-refractivity contribution in [2.24, 2.45) is 0 Å². The van der Waals surface area contributed by atoms with E-state index in [1.54, 1.807) is 35.0 Å². The Balaban J connectivity index is 1.92. The van der Waals surface area contributed by atoms with E-state index in [4.69, 9.17) is 5.11 Å². The number of aromatic nitrogens is 3. The Hall–Kier alpha value is -2.89. The predicted octanol–water partition coefficient (Wildman–Crippen LogP) is 1.72. The molecule has 0 spiro atoms. The first-order chi connectivity index (χ1) is 9.61. The van der Waals surface area contributed by atoms with Gasteiger partial charge in [0.2, 0.25) is 0 Å². The number of carbonyl (C=O) groups is 1. The number of nitrogens with zero attached hydrogens (tertiary/aromatic N) is 3.